The zero-order chi connectivity index (χ0) is 13.5. The van der Waals surface area contributed by atoms with E-state index in [1.54, 1.807) is 7.11 Å². The summed E-state index contributed by atoms with van der Waals surface area (Å²) in [6, 6.07) is 8.81. The third-order valence-electron chi connectivity index (χ3n) is 3.09. The van der Waals surface area contributed by atoms with Crippen molar-refractivity contribution in [2.75, 3.05) is 13.7 Å². The molecule has 1 saturated carbocycles. The molecular weight excluding hydrogens is 240 g/mol. The molecule has 2 rings (SSSR count). The number of benzene rings is 1. The molecule has 0 aromatic heterocycles. The smallest absolute Gasteiger partial charge is 0.161 e. The quantitative estimate of drug-likeness (QED) is 0.730. The minimum atomic E-state index is 0.519. The summed E-state index contributed by atoms with van der Waals surface area (Å²) < 4.78 is 11.0. The Morgan fingerprint density at radius 2 is 2.21 bits per heavy atom. The summed E-state index contributed by atoms with van der Waals surface area (Å²) in [4.78, 5) is 0. The van der Waals surface area contributed by atoms with E-state index >= 15 is 0 Å². The predicted octanol–water partition coefficient (Wildman–Crippen LogP) is 2.63. The van der Waals surface area contributed by atoms with Crippen LogP contribution in [0.4, 0.5) is 0 Å². The zero-order valence-electron chi connectivity index (χ0n) is 11.3. The lowest BCUT2D eigenvalue weighted by Gasteiger charge is -2.12. The molecule has 1 aromatic carbocycles. The predicted molar refractivity (Wildman–Crippen MR) is 73.2 cm³/mol. The van der Waals surface area contributed by atoms with Gasteiger partial charge in [0.25, 0.3) is 0 Å². The Kier molecular flexibility index (Phi) is 5.05. The second kappa shape index (κ2) is 7.01. The Bertz CT molecular complexity index is 450. The minimum absolute atomic E-state index is 0.519. The molecule has 1 fully saturated rings. The van der Waals surface area contributed by atoms with E-state index < -0.39 is 0 Å². The maximum absolute atomic E-state index is 8.50. The molecule has 0 heterocycles. The van der Waals surface area contributed by atoms with Gasteiger partial charge in [-0.1, -0.05) is 6.07 Å². The summed E-state index contributed by atoms with van der Waals surface area (Å²) in [6.45, 7) is 1.41. The van der Waals surface area contributed by atoms with Gasteiger partial charge in [-0.3, -0.25) is 0 Å². The van der Waals surface area contributed by atoms with Gasteiger partial charge in [0, 0.05) is 19.0 Å². The maximum atomic E-state index is 8.50. The van der Waals surface area contributed by atoms with Gasteiger partial charge in [0.05, 0.1) is 19.8 Å². The van der Waals surface area contributed by atoms with E-state index in [0.29, 0.717) is 19.1 Å². The molecule has 102 valence electrons. The molecule has 1 aliphatic rings. The lowest BCUT2D eigenvalue weighted by atomic mass is 10.2. The van der Waals surface area contributed by atoms with Crippen molar-refractivity contribution < 1.29 is 9.47 Å². The standard InChI is InChI=1S/C15H20N2O2/c1-18-14-7-4-12(11-17-13-5-6-13)10-15(14)19-9-3-2-8-16/h4,7,10,13,17H,2-3,5-6,9,11H2,1H3. The molecule has 4 nitrogen and oxygen atoms in total. The van der Waals surface area contributed by atoms with Crippen molar-refractivity contribution in [1.29, 1.82) is 5.26 Å². The third kappa shape index (κ3) is 4.46. The van der Waals surface area contributed by atoms with Crippen LogP contribution in [0.2, 0.25) is 0 Å². The normalized spacial score (nSPS) is 13.9. The minimum Gasteiger partial charge on any atom is -0.493 e. The van der Waals surface area contributed by atoms with Crippen molar-refractivity contribution >= 4 is 0 Å². The molecule has 1 aliphatic carbocycles. The third-order valence-corrected chi connectivity index (χ3v) is 3.09. The van der Waals surface area contributed by atoms with Crippen LogP contribution in [0.5, 0.6) is 11.5 Å². The Morgan fingerprint density at radius 1 is 1.37 bits per heavy atom. The van der Waals surface area contributed by atoms with Crippen molar-refractivity contribution in [3.63, 3.8) is 0 Å². The summed E-state index contributed by atoms with van der Waals surface area (Å²) in [5.74, 6) is 1.50. The molecule has 0 bridgehead atoms. The maximum Gasteiger partial charge on any atom is 0.161 e. The first-order valence-corrected chi connectivity index (χ1v) is 6.73. The van der Waals surface area contributed by atoms with Crippen LogP contribution in [-0.4, -0.2) is 19.8 Å². The van der Waals surface area contributed by atoms with Gasteiger partial charge in [0.15, 0.2) is 11.5 Å². The zero-order valence-corrected chi connectivity index (χ0v) is 11.3. The first kappa shape index (κ1) is 13.7. The molecule has 0 atom stereocenters. The van der Waals surface area contributed by atoms with Gasteiger partial charge in [0.2, 0.25) is 0 Å². The topological polar surface area (TPSA) is 54.3 Å². The lowest BCUT2D eigenvalue weighted by molar-refractivity contribution is 0.290. The van der Waals surface area contributed by atoms with Crippen LogP contribution < -0.4 is 14.8 Å². The highest BCUT2D eigenvalue weighted by Gasteiger charge is 2.20. The number of ether oxygens (including phenoxy) is 2. The molecule has 1 N–H and O–H groups in total. The number of methoxy groups -OCH3 is 1. The van der Waals surface area contributed by atoms with Gasteiger partial charge in [-0.15, -0.1) is 0 Å². The number of rotatable bonds is 8. The number of hydrogen-bond donors (Lipinski definition) is 1. The van der Waals surface area contributed by atoms with Crippen molar-refractivity contribution in [1.82, 2.24) is 5.32 Å². The van der Waals surface area contributed by atoms with Crippen LogP contribution in [0, 0.1) is 11.3 Å². The van der Waals surface area contributed by atoms with E-state index in [1.165, 1.54) is 18.4 Å². The fourth-order valence-electron chi connectivity index (χ4n) is 1.83. The fourth-order valence-corrected chi connectivity index (χ4v) is 1.83. The van der Waals surface area contributed by atoms with E-state index in [0.717, 1.165) is 24.5 Å². The van der Waals surface area contributed by atoms with Gasteiger partial charge < -0.3 is 14.8 Å². The average Bonchev–Trinajstić information content (AvgIpc) is 3.26. The largest absolute Gasteiger partial charge is 0.493 e. The highest BCUT2D eigenvalue weighted by Crippen LogP contribution is 2.28. The number of nitriles is 1. The second-order valence-corrected chi connectivity index (χ2v) is 4.75. The Balaban J connectivity index is 1.92. The van der Waals surface area contributed by atoms with Crippen LogP contribution in [0.3, 0.4) is 0 Å². The molecule has 19 heavy (non-hydrogen) atoms. The monoisotopic (exact) mass is 260 g/mol. The second-order valence-electron chi connectivity index (χ2n) is 4.75. The van der Waals surface area contributed by atoms with Crippen LogP contribution in [0.1, 0.15) is 31.2 Å². The van der Waals surface area contributed by atoms with Gasteiger partial charge in [-0.2, -0.15) is 5.26 Å². The van der Waals surface area contributed by atoms with Crippen LogP contribution in [0.25, 0.3) is 0 Å². The van der Waals surface area contributed by atoms with Crippen molar-refractivity contribution in [2.24, 2.45) is 0 Å². The van der Waals surface area contributed by atoms with E-state index in [-0.39, 0.29) is 0 Å². The van der Waals surface area contributed by atoms with Gasteiger partial charge in [-0.05, 0) is 37.0 Å². The van der Waals surface area contributed by atoms with E-state index in [1.807, 2.05) is 12.1 Å². The number of hydrogen-bond acceptors (Lipinski definition) is 4. The molecule has 0 aliphatic heterocycles. The van der Waals surface area contributed by atoms with Crippen molar-refractivity contribution in [3.05, 3.63) is 23.8 Å². The summed E-state index contributed by atoms with van der Waals surface area (Å²) in [5.41, 5.74) is 1.20. The fraction of sp³-hybridized carbons (Fsp3) is 0.533. The summed E-state index contributed by atoms with van der Waals surface area (Å²) in [7, 11) is 1.64. The highest BCUT2D eigenvalue weighted by atomic mass is 16.5. The van der Waals surface area contributed by atoms with Crippen molar-refractivity contribution in [3.8, 4) is 17.6 Å². The molecule has 0 unspecified atom stereocenters. The molecule has 4 heteroatoms. The average molecular weight is 260 g/mol. The highest BCUT2D eigenvalue weighted by molar-refractivity contribution is 5.43. The SMILES string of the molecule is COc1ccc(CNC2CC2)cc1OCCCC#N. The van der Waals surface area contributed by atoms with Crippen molar-refractivity contribution in [2.45, 2.75) is 38.3 Å². The molecule has 1 aromatic rings. The first-order valence-electron chi connectivity index (χ1n) is 6.73. The van der Waals surface area contributed by atoms with Crippen LogP contribution in [0.15, 0.2) is 18.2 Å². The number of nitrogens with one attached hydrogen (secondary N) is 1. The van der Waals surface area contributed by atoms with E-state index in [9.17, 15) is 0 Å². The van der Waals surface area contributed by atoms with E-state index in [2.05, 4.69) is 17.5 Å². The molecule has 0 spiro atoms. The molecular formula is C15H20N2O2. The van der Waals surface area contributed by atoms with Gasteiger partial charge >= 0.3 is 0 Å². The first-order chi connectivity index (χ1) is 9.33. The van der Waals surface area contributed by atoms with Crippen LogP contribution >= 0.6 is 0 Å². The Labute approximate surface area is 114 Å². The summed E-state index contributed by atoms with van der Waals surface area (Å²) in [5, 5.41) is 12.0. The Morgan fingerprint density at radius 3 is 2.89 bits per heavy atom. The number of nitrogens with zero attached hydrogens (tertiary/aromatic N) is 1. The molecule has 0 amide bonds. The van der Waals surface area contributed by atoms with Gasteiger partial charge in [-0.25, -0.2) is 0 Å². The number of unbranched alkanes of at least 4 members (excludes halogenated alkanes) is 1. The van der Waals surface area contributed by atoms with Crippen LogP contribution in [-0.2, 0) is 6.54 Å². The lowest BCUT2D eigenvalue weighted by Crippen LogP contribution is -2.15. The summed E-state index contributed by atoms with van der Waals surface area (Å²) in [6.07, 6.45) is 3.83. The van der Waals surface area contributed by atoms with E-state index in [4.69, 9.17) is 14.7 Å². The molecule has 0 radical (unpaired) electrons. The van der Waals surface area contributed by atoms with Gasteiger partial charge in [0.1, 0.15) is 0 Å². The summed E-state index contributed by atoms with van der Waals surface area (Å²) >= 11 is 0. The molecule has 0 saturated heterocycles. The Hall–Kier alpha value is -1.73.